The van der Waals surface area contributed by atoms with E-state index in [1.165, 1.54) is 0 Å². The van der Waals surface area contributed by atoms with Crippen LogP contribution in [0.25, 0.3) is 0 Å². The number of hydrogen-bond donors (Lipinski definition) is 1. The zero-order valence-corrected chi connectivity index (χ0v) is 13.4. The van der Waals surface area contributed by atoms with Crippen molar-refractivity contribution in [1.29, 1.82) is 0 Å². The van der Waals surface area contributed by atoms with Crippen LogP contribution in [0.1, 0.15) is 44.3 Å². The van der Waals surface area contributed by atoms with Crippen LogP contribution < -0.4 is 5.32 Å². The first-order valence-electron chi connectivity index (χ1n) is 6.65. The maximum absolute atomic E-state index is 11.6. The van der Waals surface area contributed by atoms with E-state index < -0.39 is 9.84 Å². The standard InChI is InChI=1S/C13H22N2O2S2/c1-13(2,3)12-15-11(8-18-12)7-14-10-5-4-6-19(16,17)9-10/h8,10,14H,4-7,9H2,1-3H3. The molecule has 1 aromatic rings. The summed E-state index contributed by atoms with van der Waals surface area (Å²) in [6.07, 6.45) is 1.71. The predicted molar refractivity (Wildman–Crippen MR) is 79.3 cm³/mol. The number of aromatic nitrogens is 1. The van der Waals surface area contributed by atoms with Crippen molar-refractivity contribution < 1.29 is 8.42 Å². The van der Waals surface area contributed by atoms with E-state index in [1.54, 1.807) is 11.3 Å². The molecule has 0 aliphatic carbocycles. The zero-order chi connectivity index (χ0) is 14.1. The lowest BCUT2D eigenvalue weighted by molar-refractivity contribution is 0.477. The van der Waals surface area contributed by atoms with Gasteiger partial charge in [0.05, 0.1) is 22.2 Å². The number of nitrogens with zero attached hydrogens (tertiary/aromatic N) is 1. The molecular formula is C13H22N2O2S2. The molecule has 0 radical (unpaired) electrons. The van der Waals surface area contributed by atoms with Gasteiger partial charge in [-0.15, -0.1) is 11.3 Å². The summed E-state index contributed by atoms with van der Waals surface area (Å²) in [7, 11) is -2.83. The van der Waals surface area contributed by atoms with Crippen LogP contribution in [0, 0.1) is 0 Å². The van der Waals surface area contributed by atoms with Crippen molar-refractivity contribution >= 4 is 21.2 Å². The fraction of sp³-hybridized carbons (Fsp3) is 0.769. The number of sulfone groups is 1. The van der Waals surface area contributed by atoms with Crippen molar-refractivity contribution in [2.75, 3.05) is 11.5 Å². The summed E-state index contributed by atoms with van der Waals surface area (Å²) in [5.41, 5.74) is 1.09. The van der Waals surface area contributed by atoms with Crippen molar-refractivity contribution in [2.24, 2.45) is 0 Å². The Kier molecular flexibility index (Phi) is 4.32. The molecule has 1 saturated heterocycles. The van der Waals surface area contributed by atoms with Crippen molar-refractivity contribution in [3.05, 3.63) is 16.1 Å². The largest absolute Gasteiger partial charge is 0.307 e. The van der Waals surface area contributed by atoms with Gasteiger partial charge < -0.3 is 5.32 Å². The molecule has 6 heteroatoms. The fourth-order valence-electron chi connectivity index (χ4n) is 2.17. The van der Waals surface area contributed by atoms with Gasteiger partial charge in [-0.3, -0.25) is 0 Å². The van der Waals surface area contributed by atoms with Gasteiger partial charge in [0, 0.05) is 23.4 Å². The minimum atomic E-state index is -2.83. The topological polar surface area (TPSA) is 59.1 Å². The van der Waals surface area contributed by atoms with Gasteiger partial charge in [-0.1, -0.05) is 20.8 Å². The maximum Gasteiger partial charge on any atom is 0.151 e. The number of rotatable bonds is 3. The molecule has 1 N–H and O–H groups in total. The Labute approximate surface area is 119 Å². The SMILES string of the molecule is CC(C)(C)c1nc(CNC2CCCS(=O)(=O)C2)cs1. The quantitative estimate of drug-likeness (QED) is 0.929. The van der Waals surface area contributed by atoms with Gasteiger partial charge in [0.15, 0.2) is 9.84 Å². The van der Waals surface area contributed by atoms with Crippen LogP contribution in [-0.4, -0.2) is 30.9 Å². The van der Waals surface area contributed by atoms with E-state index in [-0.39, 0.29) is 17.2 Å². The third kappa shape index (κ3) is 4.26. The molecule has 0 aromatic carbocycles. The molecule has 1 fully saturated rings. The summed E-state index contributed by atoms with van der Waals surface area (Å²) >= 11 is 1.67. The summed E-state index contributed by atoms with van der Waals surface area (Å²) < 4.78 is 23.1. The Morgan fingerprint density at radius 2 is 2.21 bits per heavy atom. The second kappa shape index (κ2) is 5.50. The zero-order valence-electron chi connectivity index (χ0n) is 11.8. The van der Waals surface area contributed by atoms with Gasteiger partial charge >= 0.3 is 0 Å². The lowest BCUT2D eigenvalue weighted by Crippen LogP contribution is -2.39. The first-order valence-corrected chi connectivity index (χ1v) is 9.35. The van der Waals surface area contributed by atoms with E-state index in [0.717, 1.165) is 23.5 Å². The third-order valence-electron chi connectivity index (χ3n) is 3.23. The Morgan fingerprint density at radius 1 is 1.47 bits per heavy atom. The highest BCUT2D eigenvalue weighted by molar-refractivity contribution is 7.91. The first kappa shape index (κ1) is 14.9. The molecule has 2 heterocycles. The van der Waals surface area contributed by atoms with Gasteiger partial charge in [0.1, 0.15) is 0 Å². The summed E-state index contributed by atoms with van der Waals surface area (Å²) in [5.74, 6) is 0.610. The van der Waals surface area contributed by atoms with Crippen molar-refractivity contribution in [3.63, 3.8) is 0 Å². The molecular weight excluding hydrogens is 280 g/mol. The van der Waals surface area contributed by atoms with Crippen molar-refractivity contribution in [2.45, 2.75) is 51.6 Å². The Hall–Kier alpha value is -0.460. The van der Waals surface area contributed by atoms with E-state index in [2.05, 4.69) is 36.5 Å². The van der Waals surface area contributed by atoms with Gasteiger partial charge in [0.2, 0.25) is 0 Å². The molecule has 0 saturated carbocycles. The molecule has 1 aromatic heterocycles. The van der Waals surface area contributed by atoms with E-state index in [1.807, 2.05) is 0 Å². The van der Waals surface area contributed by atoms with Crippen molar-refractivity contribution in [1.82, 2.24) is 10.3 Å². The monoisotopic (exact) mass is 302 g/mol. The Bertz CT molecular complexity index is 529. The molecule has 0 bridgehead atoms. The maximum atomic E-state index is 11.6. The number of nitrogens with one attached hydrogen (secondary N) is 1. The molecule has 1 atom stereocenters. The molecule has 1 unspecified atom stereocenters. The van der Waals surface area contributed by atoms with Gasteiger partial charge in [-0.25, -0.2) is 13.4 Å². The van der Waals surface area contributed by atoms with Gasteiger partial charge in [0.25, 0.3) is 0 Å². The number of thiazole rings is 1. The van der Waals surface area contributed by atoms with E-state index in [0.29, 0.717) is 12.3 Å². The van der Waals surface area contributed by atoms with Crippen LogP contribution in [0.3, 0.4) is 0 Å². The van der Waals surface area contributed by atoms with Crippen LogP contribution in [0.4, 0.5) is 0 Å². The highest BCUT2D eigenvalue weighted by Gasteiger charge is 2.24. The average molecular weight is 302 g/mol. The minimum absolute atomic E-state index is 0.0805. The first-order chi connectivity index (χ1) is 8.76. The summed E-state index contributed by atoms with van der Waals surface area (Å²) in [4.78, 5) is 4.61. The molecule has 19 heavy (non-hydrogen) atoms. The van der Waals surface area contributed by atoms with E-state index >= 15 is 0 Å². The highest BCUT2D eigenvalue weighted by Crippen LogP contribution is 2.25. The molecule has 2 rings (SSSR count). The smallest absolute Gasteiger partial charge is 0.151 e. The lowest BCUT2D eigenvalue weighted by Gasteiger charge is -2.22. The highest BCUT2D eigenvalue weighted by atomic mass is 32.2. The van der Waals surface area contributed by atoms with E-state index in [4.69, 9.17) is 0 Å². The predicted octanol–water partition coefficient (Wildman–Crippen LogP) is 2.11. The van der Waals surface area contributed by atoms with Crippen LogP contribution in [0.2, 0.25) is 0 Å². The van der Waals surface area contributed by atoms with Gasteiger partial charge in [-0.2, -0.15) is 0 Å². The average Bonchev–Trinajstić information content (AvgIpc) is 2.73. The van der Waals surface area contributed by atoms with Crippen LogP contribution >= 0.6 is 11.3 Å². The second-order valence-corrected chi connectivity index (χ2v) is 9.32. The Balaban J connectivity index is 1.91. The molecule has 1 aliphatic rings. The van der Waals surface area contributed by atoms with Crippen molar-refractivity contribution in [3.8, 4) is 0 Å². The molecule has 0 amide bonds. The van der Waals surface area contributed by atoms with E-state index in [9.17, 15) is 8.42 Å². The molecule has 0 spiro atoms. The molecule has 1 aliphatic heterocycles. The minimum Gasteiger partial charge on any atom is -0.307 e. The molecule has 108 valence electrons. The summed E-state index contributed by atoms with van der Waals surface area (Å²) in [5, 5.41) is 6.51. The fourth-order valence-corrected chi connectivity index (χ4v) is 4.74. The van der Waals surface area contributed by atoms with Gasteiger partial charge in [-0.05, 0) is 12.8 Å². The summed E-state index contributed by atoms with van der Waals surface area (Å²) in [6, 6.07) is 0.0820. The summed E-state index contributed by atoms with van der Waals surface area (Å²) in [6.45, 7) is 7.11. The second-order valence-electron chi connectivity index (χ2n) is 6.23. The van der Waals surface area contributed by atoms with Crippen LogP contribution in [0.15, 0.2) is 5.38 Å². The molecule has 4 nitrogen and oxygen atoms in total. The normalized spacial score (nSPS) is 23.4. The van der Waals surface area contributed by atoms with Crippen LogP contribution in [0.5, 0.6) is 0 Å². The lowest BCUT2D eigenvalue weighted by atomic mass is 9.98. The number of hydrogen-bond acceptors (Lipinski definition) is 5. The third-order valence-corrected chi connectivity index (χ3v) is 6.37. The van der Waals surface area contributed by atoms with Crippen LogP contribution in [-0.2, 0) is 21.8 Å². The Morgan fingerprint density at radius 3 is 2.79 bits per heavy atom.